The fraction of sp³-hybridized carbons (Fsp3) is 0.333. The molecule has 0 aromatic heterocycles. The number of urea groups is 1. The second-order valence-electron chi connectivity index (χ2n) is 4.42. The Morgan fingerprint density at radius 2 is 2.11 bits per heavy atom. The Labute approximate surface area is 109 Å². The Morgan fingerprint density at radius 3 is 2.74 bits per heavy atom. The highest BCUT2D eigenvalue weighted by Gasteiger charge is 2.31. The maximum Gasteiger partial charge on any atom is 0.324 e. The van der Waals surface area contributed by atoms with Crippen LogP contribution in [0.2, 0.25) is 0 Å². The van der Waals surface area contributed by atoms with E-state index in [1.807, 2.05) is 0 Å². The number of hydrogen-bond donors (Lipinski definition) is 1. The summed E-state index contributed by atoms with van der Waals surface area (Å²) in [6.07, 6.45) is 0.201. The number of hydrogen-bond acceptors (Lipinski definition) is 4. The Morgan fingerprint density at radius 1 is 1.42 bits per heavy atom. The molecule has 1 fully saturated rings. The normalized spacial score (nSPS) is 19.2. The van der Waals surface area contributed by atoms with Gasteiger partial charge >= 0.3 is 6.03 Å². The minimum Gasteiger partial charge on any atom is -0.335 e. The lowest BCUT2D eigenvalue weighted by Gasteiger charge is -2.29. The molecule has 7 heteroatoms. The number of carbonyl (C=O) groups is 2. The van der Waals surface area contributed by atoms with Crippen LogP contribution in [-0.2, 0) is 11.3 Å². The molecule has 100 valence electrons. The summed E-state index contributed by atoms with van der Waals surface area (Å²) < 4.78 is 0. The van der Waals surface area contributed by atoms with E-state index in [1.54, 1.807) is 19.1 Å². The van der Waals surface area contributed by atoms with Gasteiger partial charge in [0.25, 0.3) is 5.69 Å². The number of benzene rings is 1. The zero-order chi connectivity index (χ0) is 14.0. The molecule has 1 unspecified atom stereocenters. The average molecular weight is 263 g/mol. The lowest BCUT2D eigenvalue weighted by molar-refractivity contribution is -0.385. The van der Waals surface area contributed by atoms with E-state index in [1.165, 1.54) is 12.1 Å². The molecule has 19 heavy (non-hydrogen) atoms. The highest BCUT2D eigenvalue weighted by atomic mass is 16.6. The van der Waals surface area contributed by atoms with Crippen molar-refractivity contribution in [2.45, 2.75) is 25.9 Å². The minimum absolute atomic E-state index is 0.0888. The largest absolute Gasteiger partial charge is 0.335 e. The number of nitro benzene ring substituents is 1. The molecule has 3 amide bonds. The van der Waals surface area contributed by atoms with Crippen LogP contribution in [0.3, 0.4) is 0 Å². The van der Waals surface area contributed by atoms with Crippen molar-refractivity contribution in [3.63, 3.8) is 0 Å². The second-order valence-corrected chi connectivity index (χ2v) is 4.42. The minimum atomic E-state index is -0.524. The van der Waals surface area contributed by atoms with Crippen LogP contribution >= 0.6 is 0 Å². The van der Waals surface area contributed by atoms with Crippen molar-refractivity contribution in [2.24, 2.45) is 0 Å². The molecular weight excluding hydrogens is 250 g/mol. The number of para-hydroxylation sites is 1. The number of amides is 3. The fourth-order valence-corrected chi connectivity index (χ4v) is 1.98. The van der Waals surface area contributed by atoms with Crippen LogP contribution < -0.4 is 5.32 Å². The first-order valence-corrected chi connectivity index (χ1v) is 5.82. The lowest BCUT2D eigenvalue weighted by Crippen LogP contribution is -2.53. The molecule has 7 nitrogen and oxygen atoms in total. The van der Waals surface area contributed by atoms with Gasteiger partial charge in [-0.15, -0.1) is 0 Å². The van der Waals surface area contributed by atoms with Gasteiger partial charge in [-0.3, -0.25) is 19.8 Å². The SMILES string of the molecule is CC1CC(=O)N(Cc2ccccc2[N+](=O)[O-])C(=O)N1. The highest BCUT2D eigenvalue weighted by molar-refractivity contribution is 5.97. The van der Waals surface area contributed by atoms with Crippen molar-refractivity contribution in [1.82, 2.24) is 10.2 Å². The Hall–Kier alpha value is -2.44. The standard InChI is InChI=1S/C12H13N3O4/c1-8-6-11(16)14(12(17)13-8)7-9-4-2-3-5-10(9)15(18)19/h2-5,8H,6-7H2,1H3,(H,13,17). The molecule has 1 aliphatic rings. The summed E-state index contributed by atoms with van der Waals surface area (Å²) in [4.78, 5) is 34.9. The first kappa shape index (κ1) is 13.0. The van der Waals surface area contributed by atoms with Crippen molar-refractivity contribution in [3.8, 4) is 0 Å². The molecule has 1 heterocycles. The van der Waals surface area contributed by atoms with Crippen LogP contribution in [0.5, 0.6) is 0 Å². The highest BCUT2D eigenvalue weighted by Crippen LogP contribution is 2.21. The summed E-state index contributed by atoms with van der Waals surface area (Å²) in [6, 6.07) is 5.35. The summed E-state index contributed by atoms with van der Waals surface area (Å²) in [7, 11) is 0. The van der Waals surface area contributed by atoms with Gasteiger partial charge < -0.3 is 5.32 Å². The lowest BCUT2D eigenvalue weighted by atomic mass is 10.1. The van der Waals surface area contributed by atoms with E-state index >= 15 is 0 Å². The first-order valence-electron chi connectivity index (χ1n) is 5.82. The molecule has 0 radical (unpaired) electrons. The number of imide groups is 1. The molecule has 1 aliphatic heterocycles. The number of nitrogens with one attached hydrogen (secondary N) is 1. The van der Waals surface area contributed by atoms with Crippen LogP contribution in [0.4, 0.5) is 10.5 Å². The van der Waals surface area contributed by atoms with Gasteiger partial charge in [-0.25, -0.2) is 4.79 Å². The quantitative estimate of drug-likeness (QED) is 0.659. The van der Waals surface area contributed by atoms with Gasteiger partial charge in [0.2, 0.25) is 5.91 Å². The van der Waals surface area contributed by atoms with Gasteiger partial charge in [-0.05, 0) is 6.92 Å². The average Bonchev–Trinajstić information content (AvgIpc) is 2.34. The Bertz CT molecular complexity index is 526. The molecule has 0 spiro atoms. The van der Waals surface area contributed by atoms with Crippen molar-refractivity contribution in [1.29, 1.82) is 0 Å². The van der Waals surface area contributed by atoms with E-state index in [4.69, 9.17) is 0 Å². The Balaban J connectivity index is 2.24. The van der Waals surface area contributed by atoms with Gasteiger partial charge in [-0.1, -0.05) is 18.2 Å². The van der Waals surface area contributed by atoms with Crippen molar-refractivity contribution >= 4 is 17.6 Å². The maximum atomic E-state index is 11.8. The third-order valence-corrected chi connectivity index (χ3v) is 2.91. The molecule has 0 aliphatic carbocycles. The molecule has 1 aromatic rings. The van der Waals surface area contributed by atoms with Gasteiger partial charge in [0.1, 0.15) is 0 Å². The van der Waals surface area contributed by atoms with Gasteiger partial charge in [0, 0.05) is 24.1 Å². The van der Waals surface area contributed by atoms with Crippen LogP contribution in [0.25, 0.3) is 0 Å². The van der Waals surface area contributed by atoms with Gasteiger partial charge in [0.15, 0.2) is 0 Å². The fourth-order valence-electron chi connectivity index (χ4n) is 1.98. The van der Waals surface area contributed by atoms with E-state index < -0.39 is 11.0 Å². The van der Waals surface area contributed by atoms with Crippen LogP contribution in [0.15, 0.2) is 24.3 Å². The predicted octanol–water partition coefficient (Wildman–Crippen LogP) is 1.43. The van der Waals surface area contributed by atoms with Gasteiger partial charge in [0.05, 0.1) is 11.5 Å². The van der Waals surface area contributed by atoms with Crippen molar-refractivity contribution < 1.29 is 14.5 Å². The zero-order valence-corrected chi connectivity index (χ0v) is 10.3. The number of rotatable bonds is 3. The number of nitrogens with zero attached hydrogens (tertiary/aromatic N) is 2. The third kappa shape index (κ3) is 2.70. The molecule has 1 atom stereocenters. The summed E-state index contributed by atoms with van der Waals surface area (Å²) in [5.74, 6) is -0.325. The Kier molecular flexibility index (Phi) is 3.46. The van der Waals surface area contributed by atoms with E-state index in [0.717, 1.165) is 4.90 Å². The monoisotopic (exact) mass is 263 g/mol. The van der Waals surface area contributed by atoms with E-state index in [2.05, 4.69) is 5.32 Å². The second kappa shape index (κ2) is 5.05. The predicted molar refractivity (Wildman–Crippen MR) is 66.3 cm³/mol. The molecule has 0 bridgehead atoms. The summed E-state index contributed by atoms with van der Waals surface area (Å²) in [5.41, 5.74) is 0.243. The molecular formula is C12H13N3O4. The number of carbonyl (C=O) groups excluding carboxylic acids is 2. The molecule has 1 saturated heterocycles. The van der Waals surface area contributed by atoms with Crippen molar-refractivity contribution in [3.05, 3.63) is 39.9 Å². The molecule has 0 saturated carbocycles. The smallest absolute Gasteiger partial charge is 0.324 e. The first-order chi connectivity index (χ1) is 8.99. The topological polar surface area (TPSA) is 92.6 Å². The summed E-state index contributed by atoms with van der Waals surface area (Å²) >= 11 is 0. The maximum absolute atomic E-state index is 11.8. The van der Waals surface area contributed by atoms with Crippen LogP contribution in [0.1, 0.15) is 18.9 Å². The van der Waals surface area contributed by atoms with Crippen LogP contribution in [-0.4, -0.2) is 27.8 Å². The van der Waals surface area contributed by atoms with E-state index in [-0.39, 0.29) is 30.6 Å². The molecule has 1 N–H and O–H groups in total. The molecule has 1 aromatic carbocycles. The van der Waals surface area contributed by atoms with Gasteiger partial charge in [-0.2, -0.15) is 0 Å². The summed E-state index contributed by atoms with van der Waals surface area (Å²) in [5, 5.41) is 13.5. The van der Waals surface area contributed by atoms with E-state index in [0.29, 0.717) is 5.56 Å². The van der Waals surface area contributed by atoms with Crippen LogP contribution in [0, 0.1) is 10.1 Å². The third-order valence-electron chi connectivity index (χ3n) is 2.91. The zero-order valence-electron chi connectivity index (χ0n) is 10.3. The summed E-state index contributed by atoms with van der Waals surface area (Å²) in [6.45, 7) is 1.65. The van der Waals surface area contributed by atoms with E-state index in [9.17, 15) is 19.7 Å². The van der Waals surface area contributed by atoms with Crippen molar-refractivity contribution in [2.75, 3.05) is 0 Å². The number of nitro groups is 1. The molecule has 2 rings (SSSR count).